The van der Waals surface area contributed by atoms with Gasteiger partial charge in [0.2, 0.25) is 0 Å². The van der Waals surface area contributed by atoms with Gasteiger partial charge in [-0.2, -0.15) is 5.10 Å². The molecule has 1 atom stereocenters. The summed E-state index contributed by atoms with van der Waals surface area (Å²) in [4.78, 5) is 4.31. The summed E-state index contributed by atoms with van der Waals surface area (Å²) >= 11 is 1.71. The maximum atomic E-state index is 4.31. The fraction of sp³-hybridized carbons (Fsp3) is 0.455. The average Bonchev–Trinajstić information content (AvgIpc) is 2.90. The summed E-state index contributed by atoms with van der Waals surface area (Å²) in [5, 5.41) is 10.8. The Balaban J connectivity index is 1.78. The molecule has 0 aliphatic carbocycles. The minimum Gasteiger partial charge on any atom is -0.310 e. The molecular weight excluding hydrogens is 220 g/mol. The van der Waals surface area contributed by atoms with E-state index in [2.05, 4.69) is 22.3 Å². The first-order chi connectivity index (χ1) is 7.77. The fourth-order valence-corrected chi connectivity index (χ4v) is 2.26. The second-order valence-electron chi connectivity index (χ2n) is 3.85. The van der Waals surface area contributed by atoms with Crippen LogP contribution in [0, 0.1) is 0 Å². The van der Waals surface area contributed by atoms with E-state index < -0.39 is 0 Å². The fourth-order valence-electron chi connectivity index (χ4n) is 1.56. The Morgan fingerprint density at radius 3 is 3.00 bits per heavy atom. The molecule has 2 aromatic heterocycles. The van der Waals surface area contributed by atoms with Crippen LogP contribution in [0.4, 0.5) is 0 Å². The van der Waals surface area contributed by atoms with Crippen molar-refractivity contribution in [1.29, 1.82) is 0 Å². The van der Waals surface area contributed by atoms with E-state index in [0.717, 1.165) is 13.1 Å². The second-order valence-corrected chi connectivity index (χ2v) is 4.77. The number of hydrogen-bond donors (Lipinski definition) is 1. The zero-order valence-corrected chi connectivity index (χ0v) is 10.4. The van der Waals surface area contributed by atoms with Gasteiger partial charge in [-0.25, -0.2) is 4.98 Å². The van der Waals surface area contributed by atoms with E-state index in [1.807, 2.05) is 35.6 Å². The maximum absolute atomic E-state index is 4.31. The summed E-state index contributed by atoms with van der Waals surface area (Å²) in [6, 6.07) is 2.03. The van der Waals surface area contributed by atoms with E-state index in [9.17, 15) is 0 Å². The van der Waals surface area contributed by atoms with Crippen LogP contribution in [-0.2, 0) is 13.6 Å². The van der Waals surface area contributed by atoms with Gasteiger partial charge in [-0.3, -0.25) is 4.68 Å². The van der Waals surface area contributed by atoms with Gasteiger partial charge in [0.15, 0.2) is 0 Å². The molecule has 2 rings (SSSR count). The Bertz CT molecular complexity index is 421. The molecule has 2 aromatic rings. The molecule has 0 aliphatic heterocycles. The molecule has 0 radical (unpaired) electrons. The van der Waals surface area contributed by atoms with Crippen LogP contribution in [0.3, 0.4) is 0 Å². The average molecular weight is 236 g/mol. The summed E-state index contributed by atoms with van der Waals surface area (Å²) in [7, 11) is 1.96. The molecule has 16 heavy (non-hydrogen) atoms. The highest BCUT2D eigenvalue weighted by Gasteiger charge is 2.07. The predicted molar refractivity (Wildman–Crippen MR) is 65.4 cm³/mol. The van der Waals surface area contributed by atoms with E-state index in [1.165, 1.54) is 10.7 Å². The van der Waals surface area contributed by atoms with Crippen LogP contribution >= 0.6 is 11.3 Å². The molecule has 1 N–H and O–H groups in total. The first-order valence-electron chi connectivity index (χ1n) is 5.34. The van der Waals surface area contributed by atoms with Crippen LogP contribution in [-0.4, -0.2) is 21.3 Å². The molecular formula is C11H16N4S. The summed E-state index contributed by atoms with van der Waals surface area (Å²) in [6.07, 6.45) is 3.68. The van der Waals surface area contributed by atoms with Crippen molar-refractivity contribution in [3.8, 4) is 0 Å². The Morgan fingerprint density at radius 2 is 2.38 bits per heavy atom. The molecule has 1 unspecified atom stereocenters. The van der Waals surface area contributed by atoms with Crippen molar-refractivity contribution < 1.29 is 0 Å². The van der Waals surface area contributed by atoms with Crippen LogP contribution < -0.4 is 5.32 Å². The lowest BCUT2D eigenvalue weighted by Gasteiger charge is -2.09. The number of aromatic nitrogens is 3. The lowest BCUT2D eigenvalue weighted by Crippen LogP contribution is -2.21. The Morgan fingerprint density at radius 1 is 1.50 bits per heavy atom. The van der Waals surface area contributed by atoms with Crippen molar-refractivity contribution >= 4 is 11.3 Å². The first kappa shape index (κ1) is 11.3. The van der Waals surface area contributed by atoms with Gasteiger partial charge in [0.1, 0.15) is 0 Å². The smallest absolute Gasteiger partial charge is 0.0965 e. The molecule has 0 saturated carbocycles. The van der Waals surface area contributed by atoms with Crippen molar-refractivity contribution in [3.05, 3.63) is 34.5 Å². The highest BCUT2D eigenvalue weighted by atomic mass is 32.1. The standard InChI is InChI=1S/C11H16N4S/c1-9(11-13-5-6-16-11)7-12-8-10-3-4-14-15(10)2/h3-6,9,12H,7-8H2,1-2H3. The number of thiazole rings is 1. The van der Waals surface area contributed by atoms with E-state index in [-0.39, 0.29) is 0 Å². The summed E-state index contributed by atoms with van der Waals surface area (Å²) in [5.74, 6) is 0.466. The Kier molecular flexibility index (Phi) is 3.69. The molecule has 0 aliphatic rings. The maximum Gasteiger partial charge on any atom is 0.0965 e. The molecule has 0 fully saturated rings. The van der Waals surface area contributed by atoms with Crippen molar-refractivity contribution in [2.75, 3.05) is 6.54 Å². The third-order valence-electron chi connectivity index (χ3n) is 2.55. The van der Waals surface area contributed by atoms with Gasteiger partial charge >= 0.3 is 0 Å². The molecule has 4 nitrogen and oxygen atoms in total. The Labute approximate surface area is 99.3 Å². The van der Waals surface area contributed by atoms with Crippen LogP contribution in [0.5, 0.6) is 0 Å². The molecule has 0 bridgehead atoms. The molecule has 86 valence electrons. The molecule has 0 aromatic carbocycles. The van der Waals surface area contributed by atoms with Gasteiger partial charge in [0.25, 0.3) is 0 Å². The van der Waals surface area contributed by atoms with Crippen molar-refractivity contribution in [2.45, 2.75) is 19.4 Å². The number of nitrogens with one attached hydrogen (secondary N) is 1. The third-order valence-corrected chi connectivity index (χ3v) is 3.56. The van der Waals surface area contributed by atoms with Crippen LogP contribution in [0.2, 0.25) is 0 Å². The van der Waals surface area contributed by atoms with Crippen LogP contribution in [0.25, 0.3) is 0 Å². The van der Waals surface area contributed by atoms with E-state index in [0.29, 0.717) is 5.92 Å². The van der Waals surface area contributed by atoms with Gasteiger partial charge in [-0.05, 0) is 6.07 Å². The van der Waals surface area contributed by atoms with Crippen molar-refractivity contribution in [3.63, 3.8) is 0 Å². The topological polar surface area (TPSA) is 42.7 Å². The molecule has 5 heteroatoms. The van der Waals surface area contributed by atoms with E-state index >= 15 is 0 Å². The quantitative estimate of drug-likeness (QED) is 0.860. The number of aryl methyl sites for hydroxylation is 1. The largest absolute Gasteiger partial charge is 0.310 e. The molecule has 2 heterocycles. The van der Waals surface area contributed by atoms with Gasteiger partial charge in [0.05, 0.1) is 10.7 Å². The van der Waals surface area contributed by atoms with E-state index in [4.69, 9.17) is 0 Å². The SMILES string of the molecule is CC(CNCc1ccnn1C)c1nccs1. The van der Waals surface area contributed by atoms with Crippen molar-refractivity contribution in [2.24, 2.45) is 7.05 Å². The number of rotatable bonds is 5. The minimum atomic E-state index is 0.466. The van der Waals surface area contributed by atoms with Gasteiger partial charge in [0, 0.05) is 43.8 Å². The minimum absolute atomic E-state index is 0.466. The third kappa shape index (κ3) is 2.68. The van der Waals surface area contributed by atoms with Gasteiger partial charge < -0.3 is 5.32 Å². The second kappa shape index (κ2) is 5.23. The molecule has 0 amide bonds. The Hall–Kier alpha value is -1.20. The van der Waals surface area contributed by atoms with Crippen LogP contribution in [0.15, 0.2) is 23.8 Å². The summed E-state index contributed by atoms with van der Waals surface area (Å²) in [5.41, 5.74) is 1.20. The summed E-state index contributed by atoms with van der Waals surface area (Å²) < 4.78 is 1.89. The van der Waals surface area contributed by atoms with Crippen LogP contribution in [0.1, 0.15) is 23.5 Å². The predicted octanol–water partition coefficient (Wildman–Crippen LogP) is 1.77. The molecule has 0 saturated heterocycles. The van der Waals surface area contributed by atoms with Gasteiger partial charge in [-0.15, -0.1) is 11.3 Å². The summed E-state index contributed by atoms with van der Waals surface area (Å²) in [6.45, 7) is 3.99. The van der Waals surface area contributed by atoms with Gasteiger partial charge in [-0.1, -0.05) is 6.92 Å². The highest BCUT2D eigenvalue weighted by molar-refractivity contribution is 7.09. The normalized spacial score (nSPS) is 12.9. The van der Waals surface area contributed by atoms with E-state index in [1.54, 1.807) is 11.3 Å². The highest BCUT2D eigenvalue weighted by Crippen LogP contribution is 2.16. The zero-order chi connectivity index (χ0) is 11.4. The number of hydrogen-bond acceptors (Lipinski definition) is 4. The lowest BCUT2D eigenvalue weighted by atomic mass is 10.2. The first-order valence-corrected chi connectivity index (χ1v) is 6.22. The van der Waals surface area contributed by atoms with Crippen molar-refractivity contribution in [1.82, 2.24) is 20.1 Å². The zero-order valence-electron chi connectivity index (χ0n) is 9.55. The molecule has 0 spiro atoms. The number of nitrogens with zero attached hydrogens (tertiary/aromatic N) is 3. The monoisotopic (exact) mass is 236 g/mol. The lowest BCUT2D eigenvalue weighted by molar-refractivity contribution is 0.583.